The van der Waals surface area contributed by atoms with E-state index >= 15 is 0 Å². The largest absolute Gasteiger partial charge is 0.361 e. The van der Waals surface area contributed by atoms with Gasteiger partial charge in [-0.15, -0.1) is 0 Å². The van der Waals surface area contributed by atoms with Gasteiger partial charge >= 0.3 is 0 Å². The van der Waals surface area contributed by atoms with Gasteiger partial charge in [-0.25, -0.2) is 8.42 Å². The van der Waals surface area contributed by atoms with Crippen molar-refractivity contribution in [3.8, 4) is 0 Å². The third-order valence-corrected chi connectivity index (χ3v) is 7.66. The normalized spacial score (nSPS) is 12.7. The molecule has 0 aliphatic rings. The molecule has 1 heterocycles. The van der Waals surface area contributed by atoms with Crippen LogP contribution in [0.2, 0.25) is 5.02 Å². The number of nitrogens with zero attached hydrogens (tertiary/aromatic N) is 1. The minimum atomic E-state index is -3.80. The highest BCUT2D eigenvalue weighted by Gasteiger charge is 2.24. The van der Waals surface area contributed by atoms with Crippen LogP contribution < -0.4 is 5.32 Å². The number of para-hydroxylation sites is 1. The van der Waals surface area contributed by atoms with E-state index in [2.05, 4.69) is 10.3 Å². The van der Waals surface area contributed by atoms with Crippen LogP contribution in [0.25, 0.3) is 10.9 Å². The number of nitrogens with one attached hydrogen (secondary N) is 2. The van der Waals surface area contributed by atoms with Crippen LogP contribution in [0.5, 0.6) is 0 Å². The minimum absolute atomic E-state index is 0.0863. The summed E-state index contributed by atoms with van der Waals surface area (Å²) in [6.07, 6.45) is 1.96. The van der Waals surface area contributed by atoms with Gasteiger partial charge in [-0.05, 0) is 41.5 Å². The Balaban J connectivity index is 1.50. The molecule has 0 radical (unpaired) electrons. The molecule has 33 heavy (non-hydrogen) atoms. The molecule has 8 heteroatoms. The van der Waals surface area contributed by atoms with Crippen molar-refractivity contribution in [2.75, 3.05) is 20.1 Å². The summed E-state index contributed by atoms with van der Waals surface area (Å²) in [4.78, 5) is 16.1. The average molecular weight is 482 g/mol. The predicted octanol–water partition coefficient (Wildman–Crippen LogP) is 4.39. The Morgan fingerprint density at radius 3 is 2.39 bits per heavy atom. The Hall–Kier alpha value is -3.13. The first-order chi connectivity index (χ1) is 15.9. The Bertz CT molecular complexity index is 1350. The summed E-state index contributed by atoms with van der Waals surface area (Å²) >= 11 is 5.85. The molecule has 0 fully saturated rings. The lowest BCUT2D eigenvalue weighted by molar-refractivity contribution is -0.121. The minimum Gasteiger partial charge on any atom is -0.361 e. The second kappa shape index (κ2) is 9.79. The zero-order valence-electron chi connectivity index (χ0n) is 18.0. The van der Waals surface area contributed by atoms with Gasteiger partial charge in [0.2, 0.25) is 15.9 Å². The molecule has 1 unspecified atom stereocenters. The summed E-state index contributed by atoms with van der Waals surface area (Å²) in [7, 11) is -2.42. The molecule has 3 aromatic carbocycles. The quantitative estimate of drug-likeness (QED) is 0.391. The summed E-state index contributed by atoms with van der Waals surface area (Å²) < 4.78 is 26.6. The monoisotopic (exact) mass is 481 g/mol. The number of aromatic amines is 1. The third kappa shape index (κ3) is 5.11. The predicted molar refractivity (Wildman–Crippen MR) is 131 cm³/mol. The smallest absolute Gasteiger partial charge is 0.243 e. The molecule has 0 spiro atoms. The second-order valence-electron chi connectivity index (χ2n) is 7.77. The van der Waals surface area contributed by atoms with Crippen molar-refractivity contribution >= 4 is 38.4 Å². The number of H-pyrrole nitrogens is 1. The Kier molecular flexibility index (Phi) is 6.83. The number of aromatic nitrogens is 1. The first-order valence-corrected chi connectivity index (χ1v) is 12.3. The van der Waals surface area contributed by atoms with Crippen LogP contribution >= 0.6 is 11.6 Å². The number of carbonyl (C=O) groups is 1. The van der Waals surface area contributed by atoms with Gasteiger partial charge in [0, 0.05) is 41.6 Å². The van der Waals surface area contributed by atoms with Crippen molar-refractivity contribution in [2.45, 2.75) is 10.8 Å². The van der Waals surface area contributed by atoms with Gasteiger partial charge in [0.1, 0.15) is 0 Å². The Morgan fingerprint density at radius 1 is 1.00 bits per heavy atom. The molecule has 4 aromatic rings. The molecule has 1 atom stereocenters. The third-order valence-electron chi connectivity index (χ3n) is 5.59. The zero-order valence-corrected chi connectivity index (χ0v) is 19.6. The van der Waals surface area contributed by atoms with Gasteiger partial charge < -0.3 is 10.3 Å². The zero-order chi connectivity index (χ0) is 23.4. The SMILES string of the molecule is CN(CC(=O)NCC(c1ccccc1)c1c[nH]c2ccccc12)S(=O)(=O)c1ccc(Cl)cc1. The maximum absolute atomic E-state index is 12.8. The number of amides is 1. The molecule has 1 aromatic heterocycles. The Morgan fingerprint density at radius 2 is 1.67 bits per heavy atom. The molecule has 0 saturated carbocycles. The Labute approximate surface area is 198 Å². The van der Waals surface area contributed by atoms with Crippen LogP contribution in [0.3, 0.4) is 0 Å². The summed E-state index contributed by atoms with van der Waals surface area (Å²) in [5.41, 5.74) is 3.15. The number of sulfonamides is 1. The summed E-state index contributed by atoms with van der Waals surface area (Å²) in [5.74, 6) is -0.472. The molecule has 6 nitrogen and oxygen atoms in total. The van der Waals surface area contributed by atoms with Gasteiger partial charge in [-0.1, -0.05) is 60.1 Å². The number of fused-ring (bicyclic) bond motifs is 1. The van der Waals surface area contributed by atoms with Crippen molar-refractivity contribution in [1.29, 1.82) is 0 Å². The van der Waals surface area contributed by atoms with E-state index in [1.807, 2.05) is 60.8 Å². The molecule has 2 N–H and O–H groups in total. The summed E-state index contributed by atoms with van der Waals surface area (Å²) in [5, 5.41) is 4.45. The molecular weight excluding hydrogens is 458 g/mol. The fourth-order valence-electron chi connectivity index (χ4n) is 3.82. The van der Waals surface area contributed by atoms with Gasteiger partial charge in [0.05, 0.1) is 11.4 Å². The standard InChI is InChI=1S/C25H24ClN3O3S/c1-29(33(31,32)20-13-11-19(26)12-14-20)17-25(30)28-15-22(18-7-3-2-4-8-18)23-16-27-24-10-6-5-9-21(23)24/h2-14,16,22,27H,15,17H2,1H3,(H,28,30). The number of rotatable bonds is 8. The van der Waals surface area contributed by atoms with Crippen LogP contribution in [0.15, 0.2) is 90.0 Å². The second-order valence-corrected chi connectivity index (χ2v) is 10.3. The fourth-order valence-corrected chi connectivity index (χ4v) is 5.07. The van der Waals surface area contributed by atoms with E-state index in [1.54, 1.807) is 0 Å². The van der Waals surface area contributed by atoms with E-state index in [-0.39, 0.29) is 23.3 Å². The van der Waals surface area contributed by atoms with Crippen LogP contribution in [0.4, 0.5) is 0 Å². The lowest BCUT2D eigenvalue weighted by Crippen LogP contribution is -2.39. The van der Waals surface area contributed by atoms with Crippen LogP contribution in [-0.4, -0.2) is 43.8 Å². The summed E-state index contributed by atoms with van der Waals surface area (Å²) in [6, 6.07) is 23.8. The lowest BCUT2D eigenvalue weighted by Gasteiger charge is -2.20. The van der Waals surface area contributed by atoms with Crippen LogP contribution in [0, 0.1) is 0 Å². The number of hydrogen-bond donors (Lipinski definition) is 2. The van der Waals surface area contributed by atoms with Crippen LogP contribution in [0.1, 0.15) is 17.0 Å². The fraction of sp³-hybridized carbons (Fsp3) is 0.160. The number of hydrogen-bond acceptors (Lipinski definition) is 3. The molecule has 0 saturated heterocycles. The number of carbonyl (C=O) groups excluding carboxylic acids is 1. The van der Waals surface area contributed by atoms with E-state index in [0.717, 1.165) is 26.3 Å². The first kappa shape index (κ1) is 23.0. The van der Waals surface area contributed by atoms with Gasteiger partial charge in [0.25, 0.3) is 0 Å². The first-order valence-electron chi connectivity index (χ1n) is 10.5. The van der Waals surface area contributed by atoms with E-state index in [4.69, 9.17) is 11.6 Å². The maximum Gasteiger partial charge on any atom is 0.243 e. The van der Waals surface area contributed by atoms with Crippen molar-refractivity contribution in [3.05, 3.63) is 101 Å². The molecule has 0 bridgehead atoms. The highest BCUT2D eigenvalue weighted by molar-refractivity contribution is 7.89. The molecule has 4 rings (SSSR count). The summed E-state index contributed by atoms with van der Waals surface area (Å²) in [6.45, 7) is 0.0415. The van der Waals surface area contributed by atoms with Crippen molar-refractivity contribution < 1.29 is 13.2 Å². The molecule has 0 aliphatic heterocycles. The molecule has 170 valence electrons. The van der Waals surface area contributed by atoms with E-state index in [1.165, 1.54) is 31.3 Å². The van der Waals surface area contributed by atoms with Gasteiger partial charge in [-0.3, -0.25) is 4.79 Å². The topological polar surface area (TPSA) is 82.3 Å². The van der Waals surface area contributed by atoms with E-state index < -0.39 is 10.0 Å². The number of benzene rings is 3. The number of likely N-dealkylation sites (N-methyl/N-ethyl adjacent to an activating group) is 1. The highest BCUT2D eigenvalue weighted by Crippen LogP contribution is 2.30. The van der Waals surface area contributed by atoms with Gasteiger partial charge in [0.15, 0.2) is 0 Å². The van der Waals surface area contributed by atoms with Crippen molar-refractivity contribution in [3.63, 3.8) is 0 Å². The molecule has 1 amide bonds. The van der Waals surface area contributed by atoms with Crippen LogP contribution in [-0.2, 0) is 14.8 Å². The van der Waals surface area contributed by atoms with E-state index in [9.17, 15) is 13.2 Å². The average Bonchev–Trinajstić information content (AvgIpc) is 3.24. The molecule has 0 aliphatic carbocycles. The van der Waals surface area contributed by atoms with Crippen molar-refractivity contribution in [1.82, 2.24) is 14.6 Å². The number of halogens is 1. The molecular formula is C25H24ClN3O3S. The lowest BCUT2D eigenvalue weighted by atomic mass is 9.91. The van der Waals surface area contributed by atoms with E-state index in [0.29, 0.717) is 11.6 Å². The highest BCUT2D eigenvalue weighted by atomic mass is 35.5. The van der Waals surface area contributed by atoms with Gasteiger partial charge in [-0.2, -0.15) is 4.31 Å². The van der Waals surface area contributed by atoms with Crippen molar-refractivity contribution in [2.24, 2.45) is 0 Å². The maximum atomic E-state index is 12.8.